The quantitative estimate of drug-likeness (QED) is 0.698. The van der Waals surface area contributed by atoms with Crippen LogP contribution in [-0.4, -0.2) is 21.1 Å². The Morgan fingerprint density at radius 1 is 1.28 bits per heavy atom. The van der Waals surface area contributed by atoms with Crippen molar-refractivity contribution in [2.75, 3.05) is 11.9 Å². The van der Waals surface area contributed by atoms with E-state index < -0.39 is 0 Å². The molecule has 0 saturated carbocycles. The van der Waals surface area contributed by atoms with E-state index in [0.717, 1.165) is 36.3 Å². The fourth-order valence-electron chi connectivity index (χ4n) is 1.92. The molecule has 1 N–H and O–H groups in total. The summed E-state index contributed by atoms with van der Waals surface area (Å²) in [5.74, 6) is 0.881. The van der Waals surface area contributed by atoms with E-state index in [2.05, 4.69) is 19.9 Å². The predicted octanol–water partition coefficient (Wildman–Crippen LogP) is 2.53. The molecule has 3 aromatic rings. The molecule has 0 aliphatic heterocycles. The van der Waals surface area contributed by atoms with Crippen LogP contribution in [0.25, 0.3) is 11.0 Å². The van der Waals surface area contributed by atoms with E-state index in [1.54, 1.807) is 18.7 Å². The smallest absolute Gasteiger partial charge is 0.139 e. The van der Waals surface area contributed by atoms with Gasteiger partial charge in [0.1, 0.15) is 11.4 Å². The van der Waals surface area contributed by atoms with Crippen molar-refractivity contribution >= 4 is 16.8 Å². The lowest BCUT2D eigenvalue weighted by molar-refractivity contribution is 0.615. The number of imidazole rings is 1. The minimum atomic E-state index is 0.863. The molecule has 0 bridgehead atoms. The van der Waals surface area contributed by atoms with Gasteiger partial charge in [0.15, 0.2) is 0 Å². The number of furan rings is 1. The second kappa shape index (κ2) is 4.91. The molecule has 5 heteroatoms. The average Bonchev–Trinajstić information content (AvgIpc) is 3.05. The number of aryl methyl sites for hydroxylation is 1. The van der Waals surface area contributed by atoms with Crippen LogP contribution in [0.15, 0.2) is 47.7 Å². The van der Waals surface area contributed by atoms with Gasteiger partial charge in [-0.3, -0.25) is 0 Å². The molecule has 18 heavy (non-hydrogen) atoms. The van der Waals surface area contributed by atoms with Crippen LogP contribution in [0.3, 0.4) is 0 Å². The lowest BCUT2D eigenvalue weighted by atomic mass is 10.3. The van der Waals surface area contributed by atoms with Crippen LogP contribution in [0.4, 0.5) is 5.82 Å². The van der Waals surface area contributed by atoms with E-state index in [1.165, 1.54) is 0 Å². The van der Waals surface area contributed by atoms with Crippen LogP contribution in [0.5, 0.6) is 0 Å². The minimum Gasteiger partial charge on any atom is -0.464 e. The highest BCUT2D eigenvalue weighted by atomic mass is 16.3. The zero-order valence-electron chi connectivity index (χ0n) is 9.91. The Hall–Kier alpha value is -2.30. The Kier molecular flexibility index (Phi) is 2.96. The van der Waals surface area contributed by atoms with Gasteiger partial charge in [-0.1, -0.05) is 0 Å². The van der Waals surface area contributed by atoms with Gasteiger partial charge in [0.25, 0.3) is 0 Å². The van der Waals surface area contributed by atoms with Crippen molar-refractivity contribution in [2.24, 2.45) is 0 Å². The van der Waals surface area contributed by atoms with Crippen molar-refractivity contribution in [3.8, 4) is 0 Å². The number of aromatic nitrogens is 3. The van der Waals surface area contributed by atoms with Crippen LogP contribution in [0.1, 0.15) is 6.42 Å². The summed E-state index contributed by atoms with van der Waals surface area (Å²) >= 11 is 0. The third kappa shape index (κ3) is 2.20. The molecular weight excluding hydrogens is 228 g/mol. The van der Waals surface area contributed by atoms with Gasteiger partial charge in [-0.05, 0) is 18.6 Å². The van der Waals surface area contributed by atoms with Gasteiger partial charge in [-0.25, -0.2) is 9.97 Å². The summed E-state index contributed by atoms with van der Waals surface area (Å²) < 4.78 is 7.39. The first-order valence-electron chi connectivity index (χ1n) is 5.95. The molecule has 92 valence electrons. The van der Waals surface area contributed by atoms with Crippen molar-refractivity contribution in [3.05, 3.63) is 43.3 Å². The summed E-state index contributed by atoms with van der Waals surface area (Å²) in [6, 6.07) is 3.80. The third-order valence-corrected chi connectivity index (χ3v) is 2.82. The lowest BCUT2D eigenvalue weighted by Crippen LogP contribution is -2.06. The molecule has 5 nitrogen and oxygen atoms in total. The van der Waals surface area contributed by atoms with E-state index in [0.29, 0.717) is 0 Å². The van der Waals surface area contributed by atoms with Gasteiger partial charge in [-0.15, -0.1) is 0 Å². The van der Waals surface area contributed by atoms with Crippen molar-refractivity contribution < 1.29 is 4.42 Å². The maximum Gasteiger partial charge on any atom is 0.139 e. The molecule has 0 amide bonds. The molecule has 0 radical (unpaired) electrons. The van der Waals surface area contributed by atoms with E-state index >= 15 is 0 Å². The Bertz CT molecular complexity index is 615. The molecular formula is C13H14N4O. The van der Waals surface area contributed by atoms with Gasteiger partial charge in [0.05, 0.1) is 18.0 Å². The normalized spacial score (nSPS) is 10.9. The van der Waals surface area contributed by atoms with Gasteiger partial charge in [0.2, 0.25) is 0 Å². The highest BCUT2D eigenvalue weighted by molar-refractivity contribution is 5.87. The first-order valence-corrected chi connectivity index (χ1v) is 5.95. The standard InChI is InChI=1S/C13H14N4O/c1(7-17-8-6-14-10-17)4-15-13-11-3-9-18-12(11)2-5-16-13/h2-3,5-6,8-10H,1,4,7H2,(H,15,16). The molecule has 0 saturated heterocycles. The Labute approximate surface area is 104 Å². The van der Waals surface area contributed by atoms with Gasteiger partial charge in [0, 0.05) is 31.7 Å². The highest BCUT2D eigenvalue weighted by Crippen LogP contribution is 2.21. The zero-order valence-corrected chi connectivity index (χ0v) is 9.91. The van der Waals surface area contributed by atoms with E-state index in [1.807, 2.05) is 24.7 Å². The van der Waals surface area contributed by atoms with E-state index in [9.17, 15) is 0 Å². The SMILES string of the molecule is c1cn(CCCNc2nccc3occc23)cn1. The van der Waals surface area contributed by atoms with Crippen molar-refractivity contribution in [3.63, 3.8) is 0 Å². The Morgan fingerprint density at radius 2 is 2.28 bits per heavy atom. The maximum atomic E-state index is 5.33. The topological polar surface area (TPSA) is 55.9 Å². The number of nitrogens with one attached hydrogen (secondary N) is 1. The van der Waals surface area contributed by atoms with Crippen LogP contribution in [-0.2, 0) is 6.54 Å². The van der Waals surface area contributed by atoms with Crippen molar-refractivity contribution in [2.45, 2.75) is 13.0 Å². The molecule has 0 unspecified atom stereocenters. The summed E-state index contributed by atoms with van der Waals surface area (Å²) in [6.07, 6.45) is 10.0. The number of hydrogen-bond donors (Lipinski definition) is 1. The number of nitrogens with zero attached hydrogens (tertiary/aromatic N) is 3. The Morgan fingerprint density at radius 3 is 3.17 bits per heavy atom. The van der Waals surface area contributed by atoms with Gasteiger partial charge >= 0.3 is 0 Å². The fourth-order valence-corrected chi connectivity index (χ4v) is 1.92. The largest absolute Gasteiger partial charge is 0.464 e. The molecule has 3 aromatic heterocycles. The monoisotopic (exact) mass is 242 g/mol. The molecule has 0 fully saturated rings. The number of pyridine rings is 1. The number of rotatable bonds is 5. The van der Waals surface area contributed by atoms with Crippen molar-refractivity contribution in [1.29, 1.82) is 0 Å². The van der Waals surface area contributed by atoms with E-state index in [4.69, 9.17) is 4.42 Å². The third-order valence-electron chi connectivity index (χ3n) is 2.82. The summed E-state index contributed by atoms with van der Waals surface area (Å²) in [6.45, 7) is 1.82. The number of fused-ring (bicyclic) bond motifs is 1. The van der Waals surface area contributed by atoms with Crippen molar-refractivity contribution in [1.82, 2.24) is 14.5 Å². The van der Waals surface area contributed by atoms with Crippen LogP contribution in [0, 0.1) is 0 Å². The summed E-state index contributed by atoms with van der Waals surface area (Å²) in [5, 5.41) is 4.36. The second-order valence-corrected chi connectivity index (χ2v) is 4.07. The van der Waals surface area contributed by atoms with Gasteiger partial charge < -0.3 is 14.3 Å². The van der Waals surface area contributed by atoms with Crippen LogP contribution >= 0.6 is 0 Å². The van der Waals surface area contributed by atoms with Crippen LogP contribution < -0.4 is 5.32 Å². The molecule has 0 atom stereocenters. The van der Waals surface area contributed by atoms with Gasteiger partial charge in [-0.2, -0.15) is 0 Å². The van der Waals surface area contributed by atoms with Crippen LogP contribution in [0.2, 0.25) is 0 Å². The summed E-state index contributed by atoms with van der Waals surface area (Å²) in [7, 11) is 0. The molecule has 0 aromatic carbocycles. The minimum absolute atomic E-state index is 0.863. The second-order valence-electron chi connectivity index (χ2n) is 4.07. The summed E-state index contributed by atoms with van der Waals surface area (Å²) in [4.78, 5) is 8.33. The molecule has 3 rings (SSSR count). The fraction of sp³-hybridized carbons (Fsp3) is 0.231. The number of hydrogen-bond acceptors (Lipinski definition) is 4. The molecule has 3 heterocycles. The predicted molar refractivity (Wildman–Crippen MR) is 69.3 cm³/mol. The zero-order chi connectivity index (χ0) is 12.2. The van der Waals surface area contributed by atoms with E-state index in [-0.39, 0.29) is 0 Å². The molecule has 0 spiro atoms. The highest BCUT2D eigenvalue weighted by Gasteiger charge is 2.03. The number of anilines is 1. The summed E-state index contributed by atoms with van der Waals surface area (Å²) in [5.41, 5.74) is 0.863. The Balaban J connectivity index is 1.58. The average molecular weight is 242 g/mol. The maximum absolute atomic E-state index is 5.33. The first-order chi connectivity index (χ1) is 8.93. The first kappa shape index (κ1) is 10.8. The molecule has 0 aliphatic carbocycles. The lowest BCUT2D eigenvalue weighted by Gasteiger charge is -2.06. The molecule has 0 aliphatic rings.